The number of benzene rings is 4. The average molecular weight is 784 g/mol. The molecule has 0 bridgehead atoms. The van der Waals surface area contributed by atoms with Gasteiger partial charge in [-0.15, -0.1) is 0 Å². The molecule has 0 atom stereocenters. The lowest BCUT2D eigenvalue weighted by molar-refractivity contribution is -0.135. The summed E-state index contributed by atoms with van der Waals surface area (Å²) in [6.07, 6.45) is 12.0. The second kappa shape index (κ2) is 15.2. The third-order valence-corrected chi connectivity index (χ3v) is 11.6. The van der Waals surface area contributed by atoms with Gasteiger partial charge in [0.25, 0.3) is 5.78 Å². The van der Waals surface area contributed by atoms with Gasteiger partial charge < -0.3 is 29.6 Å². The van der Waals surface area contributed by atoms with Gasteiger partial charge in [0, 0.05) is 92.7 Å². The van der Waals surface area contributed by atoms with Crippen LogP contribution in [0.2, 0.25) is 0 Å². The van der Waals surface area contributed by atoms with Crippen LogP contribution in [0.25, 0.3) is 54.8 Å². The van der Waals surface area contributed by atoms with E-state index in [1.807, 2.05) is 73.1 Å². The number of nitrogens with two attached hydrogens (primary N) is 1. The molecule has 11 rings (SSSR count). The lowest BCUT2D eigenvalue weighted by Crippen LogP contribution is -2.15. The average Bonchev–Trinajstić information content (AvgIpc) is 4.08. The number of aromatic nitrogens is 4. The molecule has 4 N–H and O–H groups in total. The highest BCUT2D eigenvalue weighted by atomic mass is 16.5. The Kier molecular flexibility index (Phi) is 9.64. The zero-order chi connectivity index (χ0) is 40.8. The van der Waals surface area contributed by atoms with Crippen LogP contribution < -0.4 is 5.73 Å². The van der Waals surface area contributed by atoms with Crippen LogP contribution in [0.5, 0.6) is 0 Å². The van der Waals surface area contributed by atoms with Crippen LogP contribution in [0.1, 0.15) is 57.4 Å². The van der Waals surface area contributed by atoms with Crippen LogP contribution in [0.15, 0.2) is 110 Å². The molecule has 59 heavy (non-hydrogen) atoms. The number of ether oxygens (including phenoxy) is 1. The van der Waals surface area contributed by atoms with Crippen molar-refractivity contribution in [2.45, 2.75) is 51.6 Å². The molecule has 2 aliphatic heterocycles. The number of methoxy groups -OCH3 is 1. The first-order chi connectivity index (χ1) is 28.7. The lowest BCUT2D eigenvalue weighted by Gasteiger charge is -2.14. The van der Waals surface area contributed by atoms with Gasteiger partial charge in [0.2, 0.25) is 5.91 Å². The molecule has 0 unspecified atom stereocenters. The molecule has 4 aromatic heterocycles. The topological polar surface area (TPSA) is 162 Å². The third-order valence-electron chi connectivity index (χ3n) is 11.6. The number of aryl methyl sites for hydroxylation is 4. The van der Waals surface area contributed by atoms with Crippen molar-refractivity contribution in [3.63, 3.8) is 0 Å². The van der Waals surface area contributed by atoms with E-state index in [0.717, 1.165) is 93.6 Å². The van der Waals surface area contributed by atoms with E-state index in [-0.39, 0.29) is 23.9 Å². The highest BCUT2D eigenvalue weighted by Crippen LogP contribution is 2.42. The van der Waals surface area contributed by atoms with Gasteiger partial charge in [0.05, 0.1) is 36.5 Å². The van der Waals surface area contributed by atoms with E-state index in [1.54, 1.807) is 6.20 Å². The number of allylic oxidation sites excluding steroid dienone is 2. The summed E-state index contributed by atoms with van der Waals surface area (Å²) in [4.78, 5) is 66.3. The number of carbonyl (C=O) groups is 5. The van der Waals surface area contributed by atoms with E-state index in [9.17, 15) is 24.0 Å². The van der Waals surface area contributed by atoms with Gasteiger partial charge in [0.1, 0.15) is 0 Å². The van der Waals surface area contributed by atoms with E-state index in [0.29, 0.717) is 23.1 Å². The van der Waals surface area contributed by atoms with Crippen molar-refractivity contribution in [2.24, 2.45) is 5.73 Å². The Morgan fingerprint density at radius 3 is 1.90 bits per heavy atom. The molecule has 0 saturated heterocycles. The van der Waals surface area contributed by atoms with E-state index in [2.05, 4.69) is 54.3 Å². The fourth-order valence-corrected chi connectivity index (χ4v) is 9.01. The van der Waals surface area contributed by atoms with Gasteiger partial charge in [0.15, 0.2) is 11.6 Å². The number of nitrogens with one attached hydrogen (secondary N) is 2. The van der Waals surface area contributed by atoms with Gasteiger partial charge in [-0.1, -0.05) is 72.8 Å². The molecule has 0 radical (unpaired) electrons. The molecule has 11 heteroatoms. The van der Waals surface area contributed by atoms with Crippen molar-refractivity contribution >= 4 is 84.0 Å². The first-order valence-electron chi connectivity index (χ1n) is 19.8. The second-order valence-corrected chi connectivity index (χ2v) is 15.2. The number of H-pyrrole nitrogens is 2. The standard InChI is InChI=1S/C24H18N2O2.C14H13NO3.C10H10N2O/c27-20-11-21(28)23(22(20)17-12-25-19-9-2-1-7-15(17)19)18-13-26-10-4-6-14-5-3-8-16(18)24(14)26;1-18-14(17)13(16)11-8-15-7-3-5-9-4-2-6-10(11)12(9)15;11-10(13)5-7-6-12-9-4-2-1-3-8(7)9/h1-3,5,7-9,12-13,25H,4,6,10-11H2;2,4,6,8H,3,5,7H2,1H3;1-4,6,12H,5H2,(H2,11,13). The molecule has 1 aliphatic carbocycles. The molecule has 8 aromatic rings. The Morgan fingerprint density at radius 1 is 0.661 bits per heavy atom. The van der Waals surface area contributed by atoms with Crippen molar-refractivity contribution < 1.29 is 28.7 Å². The summed E-state index contributed by atoms with van der Waals surface area (Å²) >= 11 is 0. The van der Waals surface area contributed by atoms with E-state index in [1.165, 1.54) is 23.8 Å². The Hall–Kier alpha value is -7.27. The normalized spacial score (nSPS) is 14.4. The molecular formula is C48H41N5O6. The summed E-state index contributed by atoms with van der Waals surface area (Å²) in [5.74, 6) is -1.84. The number of ketones is 3. The van der Waals surface area contributed by atoms with Crippen LogP contribution in [0.3, 0.4) is 0 Å². The molecule has 1 amide bonds. The van der Waals surface area contributed by atoms with Crippen molar-refractivity contribution in [1.29, 1.82) is 0 Å². The number of amides is 1. The summed E-state index contributed by atoms with van der Waals surface area (Å²) in [6.45, 7) is 1.84. The first kappa shape index (κ1) is 37.3. The van der Waals surface area contributed by atoms with Crippen molar-refractivity contribution in [2.75, 3.05) is 7.11 Å². The minimum absolute atomic E-state index is 0.0451. The zero-order valence-electron chi connectivity index (χ0n) is 32.5. The van der Waals surface area contributed by atoms with Gasteiger partial charge in [-0.05, 0) is 54.5 Å². The monoisotopic (exact) mass is 783 g/mol. The number of para-hydroxylation sites is 4. The maximum Gasteiger partial charge on any atom is 0.379 e. The van der Waals surface area contributed by atoms with Crippen LogP contribution in [0.4, 0.5) is 0 Å². The molecule has 0 saturated carbocycles. The number of esters is 1. The predicted molar refractivity (Wildman–Crippen MR) is 228 cm³/mol. The maximum absolute atomic E-state index is 13.0. The quantitative estimate of drug-likeness (QED) is 0.0679. The highest BCUT2D eigenvalue weighted by Gasteiger charge is 2.35. The summed E-state index contributed by atoms with van der Waals surface area (Å²) in [6, 6.07) is 27.9. The third kappa shape index (κ3) is 6.64. The second-order valence-electron chi connectivity index (χ2n) is 15.2. The van der Waals surface area contributed by atoms with Gasteiger partial charge in [-0.25, -0.2) is 4.79 Å². The molecule has 0 spiro atoms. The van der Waals surface area contributed by atoms with Crippen molar-refractivity contribution in [3.05, 3.63) is 143 Å². The minimum atomic E-state index is -0.807. The minimum Gasteiger partial charge on any atom is -0.463 e. The molecule has 4 aromatic carbocycles. The number of hydrogen-bond donors (Lipinski definition) is 3. The number of hydrogen-bond acceptors (Lipinski definition) is 6. The zero-order valence-corrected chi connectivity index (χ0v) is 32.5. The van der Waals surface area contributed by atoms with E-state index < -0.39 is 11.8 Å². The Bertz CT molecular complexity index is 3060. The van der Waals surface area contributed by atoms with Gasteiger partial charge >= 0.3 is 5.97 Å². The fraction of sp³-hybridized carbons (Fsp3) is 0.188. The Balaban J connectivity index is 0.000000124. The largest absolute Gasteiger partial charge is 0.463 e. The highest BCUT2D eigenvalue weighted by molar-refractivity contribution is 6.52. The SMILES string of the molecule is COC(=O)C(=O)c1cn2c3c(cccc13)CCC2.NC(=O)Cc1c[nH]c2ccccc12.O=C1CC(=O)C(c2cn3c4c(cccc24)CCC3)=C1c1c[nH]c2ccccc12. The molecule has 3 aliphatic rings. The molecule has 0 fully saturated rings. The summed E-state index contributed by atoms with van der Waals surface area (Å²) < 4.78 is 8.82. The smallest absolute Gasteiger partial charge is 0.379 e. The number of nitrogens with zero attached hydrogens (tertiary/aromatic N) is 2. The van der Waals surface area contributed by atoms with Crippen LogP contribution in [-0.4, -0.2) is 55.4 Å². The number of rotatable bonds is 6. The summed E-state index contributed by atoms with van der Waals surface area (Å²) in [5, 5.41) is 3.98. The van der Waals surface area contributed by atoms with Crippen molar-refractivity contribution in [1.82, 2.24) is 19.1 Å². The van der Waals surface area contributed by atoms with Crippen LogP contribution >= 0.6 is 0 Å². The Morgan fingerprint density at radius 2 is 1.22 bits per heavy atom. The summed E-state index contributed by atoms with van der Waals surface area (Å²) in [5.41, 5.74) is 16.3. The van der Waals surface area contributed by atoms with Crippen LogP contribution in [-0.2, 0) is 56.3 Å². The molecule has 6 heterocycles. The number of fused-ring (bicyclic) bond motifs is 2. The number of primary amides is 1. The number of Topliss-reactive ketones (excluding diaryl/α,β-unsaturated/α-hetero) is 3. The molecule has 11 nitrogen and oxygen atoms in total. The van der Waals surface area contributed by atoms with E-state index in [4.69, 9.17) is 5.73 Å². The lowest BCUT2D eigenvalue weighted by atomic mass is 9.94. The van der Waals surface area contributed by atoms with Crippen molar-refractivity contribution in [3.8, 4) is 0 Å². The van der Waals surface area contributed by atoms with Gasteiger partial charge in [-0.3, -0.25) is 19.2 Å². The molecular weight excluding hydrogens is 743 g/mol. The summed E-state index contributed by atoms with van der Waals surface area (Å²) in [7, 11) is 1.23. The van der Waals surface area contributed by atoms with E-state index >= 15 is 0 Å². The Labute approximate surface area is 338 Å². The number of aromatic amines is 2. The maximum atomic E-state index is 13.0. The number of carbonyl (C=O) groups excluding carboxylic acids is 5. The first-order valence-corrected chi connectivity index (χ1v) is 19.8. The predicted octanol–water partition coefficient (Wildman–Crippen LogP) is 7.66. The molecule has 294 valence electrons. The van der Waals surface area contributed by atoms with Crippen LogP contribution in [0, 0.1) is 0 Å². The van der Waals surface area contributed by atoms with Gasteiger partial charge in [-0.2, -0.15) is 0 Å². The fourth-order valence-electron chi connectivity index (χ4n) is 9.01.